The Hall–Kier alpha value is -2.20. The first-order valence-electron chi connectivity index (χ1n) is 7.45. The normalized spacial score (nSPS) is 11.8. The molecule has 2 aromatic carbocycles. The first kappa shape index (κ1) is 16.2. The zero-order valence-electron chi connectivity index (χ0n) is 13.3. The minimum absolute atomic E-state index is 0.0530. The van der Waals surface area contributed by atoms with E-state index < -0.39 is 0 Å². The first-order chi connectivity index (χ1) is 10.7. The maximum absolute atomic E-state index is 9.23. The Labute approximate surface area is 131 Å². The van der Waals surface area contributed by atoms with Gasteiger partial charge in [-0.05, 0) is 37.1 Å². The van der Waals surface area contributed by atoms with Crippen molar-refractivity contribution in [3.63, 3.8) is 0 Å². The van der Waals surface area contributed by atoms with E-state index in [-0.39, 0.29) is 12.6 Å². The summed E-state index contributed by atoms with van der Waals surface area (Å²) in [6.07, 6.45) is 0. The van der Waals surface area contributed by atoms with Crippen molar-refractivity contribution in [3.05, 3.63) is 53.6 Å². The molecule has 0 fully saturated rings. The Morgan fingerprint density at radius 3 is 2.64 bits per heavy atom. The Balaban J connectivity index is 2.15. The standard InChI is InChI=1S/C18H23NO3/c1-4-22-17-9-8-16(11-18(17)21-3)19-13(2)15-7-5-6-14(10-15)12-20/h5-11,13,19-20H,4,12H2,1-3H3. The van der Waals surface area contributed by atoms with Crippen molar-refractivity contribution in [3.8, 4) is 11.5 Å². The van der Waals surface area contributed by atoms with Crippen LogP contribution in [0.5, 0.6) is 11.5 Å². The average molecular weight is 301 g/mol. The molecule has 2 N–H and O–H groups in total. The Morgan fingerprint density at radius 2 is 1.95 bits per heavy atom. The smallest absolute Gasteiger partial charge is 0.162 e. The summed E-state index contributed by atoms with van der Waals surface area (Å²) in [6, 6.07) is 13.8. The Bertz CT molecular complexity index is 613. The topological polar surface area (TPSA) is 50.7 Å². The van der Waals surface area contributed by atoms with Gasteiger partial charge in [-0.15, -0.1) is 0 Å². The molecule has 4 heteroatoms. The largest absolute Gasteiger partial charge is 0.493 e. The Morgan fingerprint density at radius 1 is 1.14 bits per heavy atom. The predicted octanol–water partition coefficient (Wildman–Crippen LogP) is 3.76. The van der Waals surface area contributed by atoms with Crippen LogP contribution in [-0.2, 0) is 6.61 Å². The van der Waals surface area contributed by atoms with Gasteiger partial charge in [0, 0.05) is 17.8 Å². The molecule has 1 unspecified atom stereocenters. The quantitative estimate of drug-likeness (QED) is 0.817. The molecule has 2 rings (SSSR count). The molecule has 0 radical (unpaired) electrons. The highest BCUT2D eigenvalue weighted by Gasteiger charge is 2.09. The molecule has 0 saturated heterocycles. The van der Waals surface area contributed by atoms with Crippen LogP contribution in [0.1, 0.15) is 31.0 Å². The molecular formula is C18H23NO3. The molecule has 0 aliphatic carbocycles. The van der Waals surface area contributed by atoms with Crippen molar-refractivity contribution in [1.82, 2.24) is 0 Å². The molecule has 22 heavy (non-hydrogen) atoms. The van der Waals surface area contributed by atoms with Crippen LogP contribution in [0.15, 0.2) is 42.5 Å². The maximum Gasteiger partial charge on any atom is 0.162 e. The number of anilines is 1. The SMILES string of the molecule is CCOc1ccc(NC(C)c2cccc(CO)c2)cc1OC. The van der Waals surface area contributed by atoms with Crippen LogP contribution >= 0.6 is 0 Å². The monoisotopic (exact) mass is 301 g/mol. The van der Waals surface area contributed by atoms with E-state index in [2.05, 4.69) is 12.2 Å². The Kier molecular flexibility index (Phi) is 5.67. The molecule has 0 aliphatic rings. The highest BCUT2D eigenvalue weighted by molar-refractivity contribution is 5.55. The number of hydrogen-bond donors (Lipinski definition) is 2. The molecule has 1 atom stereocenters. The van der Waals surface area contributed by atoms with E-state index in [0.29, 0.717) is 12.4 Å². The second-order valence-corrected chi connectivity index (χ2v) is 5.07. The number of hydrogen-bond acceptors (Lipinski definition) is 4. The first-order valence-corrected chi connectivity index (χ1v) is 7.45. The van der Waals surface area contributed by atoms with E-state index in [9.17, 15) is 5.11 Å². The van der Waals surface area contributed by atoms with Crippen LogP contribution in [0, 0.1) is 0 Å². The third kappa shape index (κ3) is 3.92. The fraction of sp³-hybridized carbons (Fsp3) is 0.333. The van der Waals surface area contributed by atoms with Crippen LogP contribution < -0.4 is 14.8 Å². The number of nitrogens with one attached hydrogen (secondary N) is 1. The van der Waals surface area contributed by atoms with Crippen molar-refractivity contribution in [2.75, 3.05) is 19.0 Å². The molecule has 0 aromatic heterocycles. The minimum atomic E-state index is 0.0530. The number of ether oxygens (including phenoxy) is 2. The van der Waals surface area contributed by atoms with Crippen LogP contribution in [-0.4, -0.2) is 18.8 Å². The fourth-order valence-electron chi connectivity index (χ4n) is 2.33. The lowest BCUT2D eigenvalue weighted by atomic mass is 10.1. The molecule has 2 aromatic rings. The molecule has 0 amide bonds. The summed E-state index contributed by atoms with van der Waals surface area (Å²) in [4.78, 5) is 0. The van der Waals surface area contributed by atoms with Crippen LogP contribution in [0.2, 0.25) is 0 Å². The van der Waals surface area contributed by atoms with Gasteiger partial charge in [-0.3, -0.25) is 0 Å². The third-order valence-electron chi connectivity index (χ3n) is 3.48. The van der Waals surface area contributed by atoms with Gasteiger partial charge in [-0.2, -0.15) is 0 Å². The maximum atomic E-state index is 9.23. The van der Waals surface area contributed by atoms with E-state index >= 15 is 0 Å². The van der Waals surface area contributed by atoms with E-state index in [1.54, 1.807) is 7.11 Å². The van der Waals surface area contributed by atoms with Crippen LogP contribution in [0.4, 0.5) is 5.69 Å². The highest BCUT2D eigenvalue weighted by Crippen LogP contribution is 2.31. The average Bonchev–Trinajstić information content (AvgIpc) is 2.56. The van der Waals surface area contributed by atoms with Crippen molar-refractivity contribution in [2.24, 2.45) is 0 Å². The van der Waals surface area contributed by atoms with Crippen LogP contribution in [0.3, 0.4) is 0 Å². The summed E-state index contributed by atoms with van der Waals surface area (Å²) in [6.45, 7) is 4.69. The second kappa shape index (κ2) is 7.71. The minimum Gasteiger partial charge on any atom is -0.493 e. The number of rotatable bonds is 7. The van der Waals surface area contributed by atoms with Crippen molar-refractivity contribution >= 4 is 5.69 Å². The predicted molar refractivity (Wildman–Crippen MR) is 88.6 cm³/mol. The van der Waals surface area contributed by atoms with Gasteiger partial charge in [-0.25, -0.2) is 0 Å². The van der Waals surface area contributed by atoms with Crippen molar-refractivity contribution in [1.29, 1.82) is 0 Å². The molecule has 4 nitrogen and oxygen atoms in total. The van der Waals surface area contributed by atoms with Crippen molar-refractivity contribution in [2.45, 2.75) is 26.5 Å². The number of aliphatic hydroxyl groups is 1. The third-order valence-corrected chi connectivity index (χ3v) is 3.48. The van der Waals surface area contributed by atoms with Gasteiger partial charge >= 0.3 is 0 Å². The van der Waals surface area contributed by atoms with Gasteiger partial charge in [0.2, 0.25) is 0 Å². The molecule has 118 valence electrons. The molecule has 0 aliphatic heterocycles. The molecule has 0 spiro atoms. The molecule has 0 saturated carbocycles. The number of methoxy groups -OCH3 is 1. The van der Waals surface area contributed by atoms with Gasteiger partial charge in [0.25, 0.3) is 0 Å². The summed E-state index contributed by atoms with van der Waals surface area (Å²) in [5, 5.41) is 12.7. The summed E-state index contributed by atoms with van der Waals surface area (Å²) < 4.78 is 10.9. The van der Waals surface area contributed by atoms with Crippen LogP contribution in [0.25, 0.3) is 0 Å². The highest BCUT2D eigenvalue weighted by atomic mass is 16.5. The van der Waals surface area contributed by atoms with E-state index in [4.69, 9.17) is 9.47 Å². The van der Waals surface area contributed by atoms with Crippen molar-refractivity contribution < 1.29 is 14.6 Å². The number of benzene rings is 2. The lowest BCUT2D eigenvalue weighted by Gasteiger charge is -2.18. The van der Waals surface area contributed by atoms with E-state index in [1.807, 2.05) is 49.4 Å². The molecular weight excluding hydrogens is 278 g/mol. The zero-order chi connectivity index (χ0) is 15.9. The van der Waals surface area contributed by atoms with Gasteiger partial charge in [-0.1, -0.05) is 24.3 Å². The summed E-state index contributed by atoms with van der Waals surface area (Å²) in [5.41, 5.74) is 3.00. The van der Waals surface area contributed by atoms with Gasteiger partial charge in [0.1, 0.15) is 0 Å². The van der Waals surface area contributed by atoms with Gasteiger partial charge in [0.15, 0.2) is 11.5 Å². The van der Waals surface area contributed by atoms with Gasteiger partial charge in [0.05, 0.1) is 20.3 Å². The fourth-order valence-corrected chi connectivity index (χ4v) is 2.33. The lowest BCUT2D eigenvalue weighted by molar-refractivity contribution is 0.281. The summed E-state index contributed by atoms with van der Waals surface area (Å²) in [7, 11) is 1.63. The van der Waals surface area contributed by atoms with E-state index in [0.717, 1.165) is 22.6 Å². The van der Waals surface area contributed by atoms with E-state index in [1.165, 1.54) is 0 Å². The lowest BCUT2D eigenvalue weighted by Crippen LogP contribution is -2.07. The molecule has 0 bridgehead atoms. The zero-order valence-corrected chi connectivity index (χ0v) is 13.3. The summed E-state index contributed by atoms with van der Waals surface area (Å²) in [5.74, 6) is 1.45. The second-order valence-electron chi connectivity index (χ2n) is 5.07. The number of aliphatic hydroxyl groups excluding tert-OH is 1. The summed E-state index contributed by atoms with van der Waals surface area (Å²) >= 11 is 0. The van der Waals surface area contributed by atoms with Gasteiger partial charge < -0.3 is 19.9 Å². The molecule has 0 heterocycles.